The predicted octanol–water partition coefficient (Wildman–Crippen LogP) is 5.39. The summed E-state index contributed by atoms with van der Waals surface area (Å²) in [6, 6.07) is 9.54. The van der Waals surface area contributed by atoms with Crippen LogP contribution in [0.2, 0.25) is 20.1 Å². The van der Waals surface area contributed by atoms with Gasteiger partial charge in [0.15, 0.2) is 5.78 Å². The minimum absolute atomic E-state index is 0.0274. The highest BCUT2D eigenvalue weighted by Crippen LogP contribution is 2.28. The predicted molar refractivity (Wildman–Crippen MR) is 90.4 cm³/mol. The lowest BCUT2D eigenvalue weighted by Gasteiger charge is -2.11. The molecule has 2 rings (SSSR count). The summed E-state index contributed by atoms with van der Waals surface area (Å²) in [5, 5.41) is 1.53. The Balaban J connectivity index is 2.25. The third-order valence-electron chi connectivity index (χ3n) is 3.17. The molecule has 0 fully saturated rings. The second-order valence-corrected chi connectivity index (χ2v) is 6.32. The van der Waals surface area contributed by atoms with Gasteiger partial charge in [-0.15, -0.1) is 0 Å². The number of carbonyl (C=O) groups is 2. The van der Waals surface area contributed by atoms with Crippen LogP contribution < -0.4 is 0 Å². The van der Waals surface area contributed by atoms with Crippen LogP contribution in [0.4, 0.5) is 0 Å². The van der Waals surface area contributed by atoms with Crippen LogP contribution >= 0.6 is 46.4 Å². The van der Waals surface area contributed by atoms with E-state index in [0.717, 1.165) is 0 Å². The molecule has 1 atom stereocenters. The molecule has 0 saturated carbocycles. The molecular weight excluding hydrogens is 366 g/mol. The Kier molecular flexibility index (Phi) is 5.87. The van der Waals surface area contributed by atoms with E-state index in [-0.39, 0.29) is 12.2 Å². The Morgan fingerprint density at radius 3 is 2.27 bits per heavy atom. The smallest absolute Gasteiger partial charge is 0.151 e. The van der Waals surface area contributed by atoms with Crippen molar-refractivity contribution in [1.82, 2.24) is 0 Å². The first-order valence-corrected chi connectivity index (χ1v) is 7.80. The van der Waals surface area contributed by atoms with Gasteiger partial charge in [-0.3, -0.25) is 4.79 Å². The number of aldehydes is 1. The van der Waals surface area contributed by atoms with E-state index in [1.807, 2.05) is 0 Å². The van der Waals surface area contributed by atoms with Gasteiger partial charge in [0.25, 0.3) is 0 Å². The van der Waals surface area contributed by atoms with E-state index < -0.39 is 5.92 Å². The fourth-order valence-electron chi connectivity index (χ4n) is 2.01. The second kappa shape index (κ2) is 7.47. The van der Waals surface area contributed by atoms with Gasteiger partial charge in [0, 0.05) is 16.5 Å². The Bertz CT molecular complexity index is 728. The van der Waals surface area contributed by atoms with Gasteiger partial charge in [0.05, 0.1) is 16.0 Å². The number of benzene rings is 2. The average Bonchev–Trinajstić information content (AvgIpc) is 2.46. The lowest BCUT2D eigenvalue weighted by Crippen LogP contribution is -2.16. The van der Waals surface area contributed by atoms with Crippen molar-refractivity contribution in [2.75, 3.05) is 0 Å². The van der Waals surface area contributed by atoms with Gasteiger partial charge in [0.1, 0.15) is 6.29 Å². The minimum Gasteiger partial charge on any atom is -0.302 e. The normalized spacial score (nSPS) is 12.0. The highest BCUT2D eigenvalue weighted by Gasteiger charge is 2.21. The zero-order valence-electron chi connectivity index (χ0n) is 11.2. The van der Waals surface area contributed by atoms with E-state index in [4.69, 9.17) is 46.4 Å². The van der Waals surface area contributed by atoms with Crippen molar-refractivity contribution in [1.29, 1.82) is 0 Å². The molecule has 114 valence electrons. The lowest BCUT2D eigenvalue weighted by molar-refractivity contribution is -0.123. The van der Waals surface area contributed by atoms with Crippen molar-refractivity contribution in [2.24, 2.45) is 0 Å². The van der Waals surface area contributed by atoms with Crippen LogP contribution in [0.5, 0.6) is 0 Å². The molecule has 22 heavy (non-hydrogen) atoms. The van der Waals surface area contributed by atoms with E-state index in [9.17, 15) is 9.59 Å². The number of ketones is 1. The van der Waals surface area contributed by atoms with Crippen molar-refractivity contribution < 1.29 is 9.59 Å². The highest BCUT2D eigenvalue weighted by atomic mass is 35.5. The van der Waals surface area contributed by atoms with Crippen LogP contribution in [0.3, 0.4) is 0 Å². The molecular formula is C16H10Cl4O2. The number of Topliss-reactive ketones (excluding diaryl/α,β-unsaturated/α-hetero) is 1. The Morgan fingerprint density at radius 1 is 0.955 bits per heavy atom. The third kappa shape index (κ3) is 4.02. The summed E-state index contributed by atoms with van der Waals surface area (Å²) < 4.78 is 0. The van der Waals surface area contributed by atoms with Crippen LogP contribution in [0.1, 0.15) is 17.0 Å². The summed E-state index contributed by atoms with van der Waals surface area (Å²) in [7, 11) is 0. The van der Waals surface area contributed by atoms with Crippen LogP contribution in [0, 0.1) is 0 Å². The highest BCUT2D eigenvalue weighted by molar-refractivity contribution is 6.42. The fraction of sp³-hybridized carbons (Fsp3) is 0.125. The van der Waals surface area contributed by atoms with Crippen molar-refractivity contribution in [3.63, 3.8) is 0 Å². The largest absolute Gasteiger partial charge is 0.302 e. The van der Waals surface area contributed by atoms with Gasteiger partial charge >= 0.3 is 0 Å². The van der Waals surface area contributed by atoms with Crippen molar-refractivity contribution in [2.45, 2.75) is 12.3 Å². The number of rotatable bonds is 5. The third-order valence-corrected chi connectivity index (χ3v) is 4.49. The van der Waals surface area contributed by atoms with Crippen LogP contribution in [0.25, 0.3) is 0 Å². The number of carbonyl (C=O) groups excluding carboxylic acids is 2. The summed E-state index contributed by atoms with van der Waals surface area (Å²) in [5.41, 5.74) is 1.11. The molecule has 0 aliphatic rings. The number of hydrogen-bond donors (Lipinski definition) is 0. The molecule has 2 aromatic rings. The van der Waals surface area contributed by atoms with E-state index in [1.54, 1.807) is 30.3 Å². The summed E-state index contributed by atoms with van der Waals surface area (Å²) in [6.45, 7) is 0. The zero-order chi connectivity index (χ0) is 16.3. The van der Waals surface area contributed by atoms with Gasteiger partial charge in [0.2, 0.25) is 0 Å². The Labute approximate surface area is 147 Å². The molecule has 0 N–H and O–H groups in total. The SMILES string of the molecule is O=CC(C(=O)Cc1ccc(Cl)cc1Cl)c1ccc(Cl)c(Cl)c1. The van der Waals surface area contributed by atoms with Crippen molar-refractivity contribution in [3.8, 4) is 0 Å². The van der Waals surface area contributed by atoms with E-state index in [0.29, 0.717) is 37.5 Å². The monoisotopic (exact) mass is 374 g/mol. The lowest BCUT2D eigenvalue weighted by atomic mass is 9.92. The standard InChI is InChI=1S/C16H10Cl4O2/c17-11-3-1-10(14(19)7-11)6-16(22)12(8-21)9-2-4-13(18)15(20)5-9/h1-5,7-8,12H,6H2. The summed E-state index contributed by atoms with van der Waals surface area (Å²) >= 11 is 23.6. The summed E-state index contributed by atoms with van der Waals surface area (Å²) in [4.78, 5) is 23.7. The fourth-order valence-corrected chi connectivity index (χ4v) is 2.79. The molecule has 6 heteroatoms. The quantitative estimate of drug-likeness (QED) is 0.518. The Morgan fingerprint density at radius 2 is 1.68 bits per heavy atom. The van der Waals surface area contributed by atoms with Gasteiger partial charge in [-0.05, 0) is 35.4 Å². The Hall–Kier alpha value is -1.06. The maximum absolute atomic E-state index is 12.4. The summed E-state index contributed by atoms with van der Waals surface area (Å²) in [6.07, 6.45) is 0.616. The molecule has 0 spiro atoms. The molecule has 0 saturated heterocycles. The van der Waals surface area contributed by atoms with Gasteiger partial charge in [-0.25, -0.2) is 0 Å². The van der Waals surface area contributed by atoms with Crippen molar-refractivity contribution >= 4 is 58.5 Å². The molecule has 0 radical (unpaired) electrons. The minimum atomic E-state index is -0.915. The molecule has 0 aliphatic heterocycles. The molecule has 0 bridgehead atoms. The van der Waals surface area contributed by atoms with E-state index in [2.05, 4.69) is 0 Å². The van der Waals surface area contributed by atoms with Crippen LogP contribution in [-0.2, 0) is 16.0 Å². The molecule has 0 aliphatic carbocycles. The van der Waals surface area contributed by atoms with Crippen LogP contribution in [-0.4, -0.2) is 12.1 Å². The summed E-state index contributed by atoms with van der Waals surface area (Å²) in [5.74, 6) is -1.20. The topological polar surface area (TPSA) is 34.1 Å². The van der Waals surface area contributed by atoms with Gasteiger partial charge in [-0.2, -0.15) is 0 Å². The molecule has 0 heterocycles. The maximum atomic E-state index is 12.4. The molecule has 0 amide bonds. The van der Waals surface area contributed by atoms with Crippen LogP contribution in [0.15, 0.2) is 36.4 Å². The van der Waals surface area contributed by atoms with E-state index in [1.165, 1.54) is 6.07 Å². The van der Waals surface area contributed by atoms with E-state index >= 15 is 0 Å². The molecule has 1 unspecified atom stereocenters. The maximum Gasteiger partial charge on any atom is 0.151 e. The van der Waals surface area contributed by atoms with Crippen molar-refractivity contribution in [3.05, 3.63) is 67.6 Å². The molecule has 0 aromatic heterocycles. The molecule has 2 aromatic carbocycles. The number of hydrogen-bond acceptors (Lipinski definition) is 2. The van der Waals surface area contributed by atoms with Gasteiger partial charge < -0.3 is 4.79 Å². The van der Waals surface area contributed by atoms with Gasteiger partial charge in [-0.1, -0.05) is 58.5 Å². The first kappa shape index (κ1) is 17.3. The number of halogens is 4. The zero-order valence-corrected chi connectivity index (χ0v) is 14.2. The first-order valence-electron chi connectivity index (χ1n) is 6.29. The second-order valence-electron chi connectivity index (χ2n) is 4.67. The average molecular weight is 376 g/mol. The molecule has 2 nitrogen and oxygen atoms in total. The first-order chi connectivity index (χ1) is 10.4.